The molecule has 7 nitrogen and oxygen atoms in total. The van der Waals surface area contributed by atoms with Gasteiger partial charge in [0.1, 0.15) is 0 Å². The van der Waals surface area contributed by atoms with Crippen molar-refractivity contribution in [3.8, 4) is 0 Å². The third-order valence-electron chi connectivity index (χ3n) is 4.53. The van der Waals surface area contributed by atoms with Gasteiger partial charge in [-0.1, -0.05) is 27.7 Å². The smallest absolute Gasteiger partial charge is 0.334 e. The van der Waals surface area contributed by atoms with Crippen LogP contribution in [0.2, 0.25) is 0 Å². The fourth-order valence-electron chi connectivity index (χ4n) is 3.98. The van der Waals surface area contributed by atoms with E-state index < -0.39 is 35.7 Å². The number of hydrogen-bond acceptors (Lipinski definition) is 7. The Balaban J connectivity index is 2.95. The molecule has 0 radical (unpaired) electrons. The number of carbonyl (C=O) groups excluding carboxylic acids is 2. The van der Waals surface area contributed by atoms with Crippen molar-refractivity contribution >= 4 is 29.5 Å². The van der Waals surface area contributed by atoms with E-state index in [1.54, 1.807) is 0 Å². The lowest BCUT2D eigenvalue weighted by Gasteiger charge is -2.57. The number of aliphatic carboxylic acids is 1. The average Bonchev–Trinajstić information content (AvgIpc) is 2.42. The Morgan fingerprint density at radius 2 is 1.79 bits per heavy atom. The number of carboxylic acid groups (broad SMARTS) is 1. The minimum atomic E-state index is -1.95. The third kappa shape index (κ3) is 4.10. The van der Waals surface area contributed by atoms with Gasteiger partial charge in [0, 0.05) is 11.0 Å². The van der Waals surface area contributed by atoms with Gasteiger partial charge in [0.2, 0.25) is 0 Å². The predicted octanol–water partition coefficient (Wildman–Crippen LogP) is 0.786. The first kappa shape index (κ1) is 20.9. The molecule has 0 aromatic carbocycles. The first-order chi connectivity index (χ1) is 10.8. The molecule has 0 bridgehead atoms. The van der Waals surface area contributed by atoms with Gasteiger partial charge in [-0.25, -0.2) is 4.79 Å². The molecule has 5 N–H and O–H groups in total. The average molecular weight is 360 g/mol. The molecule has 1 rings (SSSR count). The van der Waals surface area contributed by atoms with E-state index in [1.165, 1.54) is 11.8 Å². The summed E-state index contributed by atoms with van der Waals surface area (Å²) in [4.78, 5) is 35.4. The van der Waals surface area contributed by atoms with Crippen LogP contribution in [0.15, 0.2) is 0 Å². The number of hydrogen-bond donors (Lipinski definition) is 3. The van der Waals surface area contributed by atoms with Crippen molar-refractivity contribution in [3.63, 3.8) is 0 Å². The molecule has 2 atom stereocenters. The molecular formula is C16H28N2O5S. The minimum absolute atomic E-state index is 0.00333. The summed E-state index contributed by atoms with van der Waals surface area (Å²) in [6.07, 6.45) is 0.444. The Hall–Kier alpha value is -1.12. The number of rotatable bonds is 8. The van der Waals surface area contributed by atoms with Gasteiger partial charge in [-0.15, -0.1) is 0 Å². The Morgan fingerprint density at radius 3 is 2.17 bits per heavy atom. The predicted molar refractivity (Wildman–Crippen MR) is 92.6 cm³/mol. The molecule has 0 aromatic heterocycles. The summed E-state index contributed by atoms with van der Waals surface area (Å²) in [5, 5.41) is 9.01. The standard InChI is InChI=1S/C16H28N2O5S/c1-14(2)7-15(3,4)12(14)24-8-16(18,13(22)23-5)11(21)9(17)6-10(19)20/h9,12H,6-8,17-18H2,1-5H3,(H,19,20)/t9-,16+/m0/s1. The fraction of sp³-hybridized carbons (Fsp3) is 0.812. The number of esters is 1. The molecule has 1 aliphatic rings. The molecule has 138 valence electrons. The molecule has 0 aliphatic heterocycles. The van der Waals surface area contributed by atoms with E-state index in [0.29, 0.717) is 0 Å². The van der Waals surface area contributed by atoms with E-state index in [0.717, 1.165) is 13.5 Å². The highest BCUT2D eigenvalue weighted by Gasteiger charge is 2.55. The van der Waals surface area contributed by atoms with Crippen LogP contribution in [0.1, 0.15) is 40.5 Å². The molecule has 1 fully saturated rings. The molecule has 1 saturated carbocycles. The zero-order valence-corrected chi connectivity index (χ0v) is 15.7. The number of carbonyl (C=O) groups is 3. The van der Waals surface area contributed by atoms with Crippen molar-refractivity contribution in [2.75, 3.05) is 12.9 Å². The maximum atomic E-state index is 12.5. The molecule has 0 unspecified atom stereocenters. The van der Waals surface area contributed by atoms with E-state index in [4.69, 9.17) is 16.6 Å². The van der Waals surface area contributed by atoms with Crippen molar-refractivity contribution in [2.24, 2.45) is 22.3 Å². The Labute approximate surface area is 146 Å². The summed E-state index contributed by atoms with van der Waals surface area (Å²) in [5.74, 6) is -2.92. The van der Waals surface area contributed by atoms with Crippen LogP contribution in [0.25, 0.3) is 0 Å². The lowest BCUT2D eigenvalue weighted by Crippen LogP contribution is -2.63. The summed E-state index contributed by atoms with van der Waals surface area (Å²) in [6, 6.07) is -1.35. The van der Waals surface area contributed by atoms with E-state index in [9.17, 15) is 14.4 Å². The number of Topliss-reactive ketones (excluding diaryl/α,β-unsaturated/α-hetero) is 1. The monoisotopic (exact) mass is 360 g/mol. The van der Waals surface area contributed by atoms with E-state index in [2.05, 4.69) is 32.4 Å². The third-order valence-corrected chi connectivity index (χ3v) is 6.76. The van der Waals surface area contributed by atoms with Crippen LogP contribution in [-0.4, -0.2) is 52.5 Å². The maximum absolute atomic E-state index is 12.5. The van der Waals surface area contributed by atoms with Gasteiger partial charge >= 0.3 is 11.9 Å². The number of carboxylic acids is 1. The highest BCUT2D eigenvalue weighted by atomic mass is 32.2. The van der Waals surface area contributed by atoms with Crippen LogP contribution in [0.3, 0.4) is 0 Å². The van der Waals surface area contributed by atoms with Crippen LogP contribution >= 0.6 is 11.8 Å². The number of ketones is 1. The fourth-order valence-corrected chi connectivity index (χ4v) is 5.74. The number of thioether (sulfide) groups is 1. The van der Waals surface area contributed by atoms with Crippen molar-refractivity contribution in [1.29, 1.82) is 0 Å². The van der Waals surface area contributed by atoms with Gasteiger partial charge in [-0.3, -0.25) is 9.59 Å². The molecule has 0 spiro atoms. The maximum Gasteiger partial charge on any atom is 0.334 e. The first-order valence-electron chi connectivity index (χ1n) is 7.78. The molecule has 0 saturated heterocycles. The van der Waals surface area contributed by atoms with Crippen molar-refractivity contribution in [3.05, 3.63) is 0 Å². The Kier molecular flexibility index (Phi) is 6.11. The largest absolute Gasteiger partial charge is 0.481 e. The van der Waals surface area contributed by atoms with E-state index >= 15 is 0 Å². The van der Waals surface area contributed by atoms with Gasteiger partial charge in [-0.05, 0) is 17.3 Å². The van der Waals surface area contributed by atoms with Crippen LogP contribution in [0, 0.1) is 10.8 Å². The van der Waals surface area contributed by atoms with Gasteiger partial charge in [0.25, 0.3) is 0 Å². The zero-order valence-electron chi connectivity index (χ0n) is 14.9. The van der Waals surface area contributed by atoms with Crippen molar-refractivity contribution < 1.29 is 24.2 Å². The molecule has 8 heteroatoms. The summed E-state index contributed by atoms with van der Waals surface area (Å²) in [5.41, 5.74) is 9.87. The summed E-state index contributed by atoms with van der Waals surface area (Å²) in [7, 11) is 1.14. The van der Waals surface area contributed by atoms with Crippen LogP contribution < -0.4 is 11.5 Å². The quantitative estimate of drug-likeness (QED) is 0.427. The molecule has 1 aliphatic carbocycles. The van der Waals surface area contributed by atoms with Gasteiger partial charge in [0.05, 0.1) is 19.6 Å². The number of ether oxygens (including phenoxy) is 1. The number of methoxy groups -OCH3 is 1. The van der Waals surface area contributed by atoms with E-state index in [1.807, 2.05) is 0 Å². The lowest BCUT2D eigenvalue weighted by atomic mass is 9.56. The minimum Gasteiger partial charge on any atom is -0.481 e. The highest BCUT2D eigenvalue weighted by molar-refractivity contribution is 8.00. The van der Waals surface area contributed by atoms with Gasteiger partial charge in [-0.2, -0.15) is 11.8 Å². The van der Waals surface area contributed by atoms with Gasteiger partial charge < -0.3 is 21.3 Å². The normalized spacial score (nSPS) is 22.8. The molecule has 0 amide bonds. The second kappa shape index (κ2) is 7.01. The summed E-state index contributed by atoms with van der Waals surface area (Å²) >= 11 is 1.44. The Morgan fingerprint density at radius 1 is 1.29 bits per heavy atom. The topological polar surface area (TPSA) is 133 Å². The van der Waals surface area contributed by atoms with Crippen LogP contribution in [0.5, 0.6) is 0 Å². The first-order valence-corrected chi connectivity index (χ1v) is 8.83. The Bertz CT molecular complexity index is 521. The summed E-state index contributed by atoms with van der Waals surface area (Å²) in [6.45, 7) is 8.52. The van der Waals surface area contributed by atoms with Crippen LogP contribution in [0.4, 0.5) is 0 Å². The van der Waals surface area contributed by atoms with Crippen LogP contribution in [-0.2, 0) is 19.1 Å². The molecule has 24 heavy (non-hydrogen) atoms. The SMILES string of the molecule is COC(=O)[C@@](N)(CSC1C(C)(C)CC1(C)C)C(=O)[C@@H](N)CC(=O)O. The summed E-state index contributed by atoms with van der Waals surface area (Å²) < 4.78 is 4.68. The second-order valence-corrected chi connectivity index (χ2v) is 8.97. The lowest BCUT2D eigenvalue weighted by molar-refractivity contribution is -0.151. The van der Waals surface area contributed by atoms with Crippen molar-refractivity contribution in [2.45, 2.75) is 57.4 Å². The van der Waals surface area contributed by atoms with E-state index in [-0.39, 0.29) is 21.8 Å². The van der Waals surface area contributed by atoms with Gasteiger partial charge in [0.15, 0.2) is 11.3 Å². The second-order valence-electron chi connectivity index (χ2n) is 7.88. The molecule has 0 aromatic rings. The van der Waals surface area contributed by atoms with Crippen molar-refractivity contribution in [1.82, 2.24) is 0 Å². The molecular weight excluding hydrogens is 332 g/mol. The zero-order chi connectivity index (χ0) is 18.9. The number of nitrogens with two attached hydrogens (primary N) is 2. The highest BCUT2D eigenvalue weighted by Crippen LogP contribution is 2.59. The molecule has 0 heterocycles.